The first kappa shape index (κ1) is 61.7. The van der Waals surface area contributed by atoms with Crippen LogP contribution in [0.2, 0.25) is 18.1 Å². The molecule has 14 heteroatoms. The quantitative estimate of drug-likeness (QED) is 0.0700. The number of ether oxygens (including phenoxy) is 5. The van der Waals surface area contributed by atoms with Gasteiger partial charge in [-0.05, 0) is 151 Å². The van der Waals surface area contributed by atoms with E-state index in [1.165, 1.54) is 12.0 Å². The fraction of sp³-hybridized carbons (Fsp3) is 0.793. The lowest BCUT2D eigenvalue weighted by Crippen LogP contribution is -2.60. The number of rotatable bonds is 10. The lowest BCUT2D eigenvalue weighted by Gasteiger charge is -2.42. The molecule has 3 fully saturated rings. The molecule has 4 aliphatic rings. The van der Waals surface area contributed by atoms with Gasteiger partial charge in [0.1, 0.15) is 24.4 Å². The topological polar surface area (TPSA) is 167 Å². The number of carbonyl (C=O) groups excluding carboxylic acids is 4. The number of amides is 1. The number of methoxy groups -OCH3 is 2. The highest BCUT2D eigenvalue weighted by Gasteiger charge is 2.53. The molecule has 72 heavy (non-hydrogen) atoms. The van der Waals surface area contributed by atoms with Gasteiger partial charge in [0.15, 0.2) is 14.1 Å². The number of cyclic esters (lactones) is 1. The van der Waals surface area contributed by atoms with Crippen molar-refractivity contribution in [2.45, 2.75) is 226 Å². The average molecular weight is 1030 g/mol. The largest absolute Gasteiger partial charge is 0.461 e. The lowest BCUT2D eigenvalue weighted by molar-refractivity contribution is -0.263. The number of hydrogen-bond donors (Lipinski definition) is 2. The third kappa shape index (κ3) is 17.4. The molecule has 1 amide bonds. The first-order valence-electron chi connectivity index (χ1n) is 27.5. The van der Waals surface area contributed by atoms with Crippen molar-refractivity contribution in [3.05, 3.63) is 47.6 Å². The zero-order valence-corrected chi connectivity index (χ0v) is 47.9. The van der Waals surface area contributed by atoms with Crippen LogP contribution in [0.4, 0.5) is 0 Å². The number of esters is 1. The van der Waals surface area contributed by atoms with Gasteiger partial charge in [0.25, 0.3) is 11.7 Å². The van der Waals surface area contributed by atoms with Crippen LogP contribution in [0.15, 0.2) is 47.6 Å². The van der Waals surface area contributed by atoms with E-state index in [4.69, 9.17) is 28.1 Å². The van der Waals surface area contributed by atoms with E-state index in [-0.39, 0.29) is 59.2 Å². The van der Waals surface area contributed by atoms with Gasteiger partial charge in [-0.3, -0.25) is 14.4 Å². The van der Waals surface area contributed by atoms with Crippen LogP contribution in [0, 0.1) is 35.5 Å². The standard InChI is InChI=1S/C58H97NO12Si/c1-38-20-16-15-17-21-39(2)34-42(5)51(60)53(67-12)52(61)43(6)35-40(3)24-29-48(41(4)36-45-26-30-49(50(37-45)66-11)68-32-33-69-72(13,14)57(8,9)10)70-56(64)47-22-18-19-31-59(47)55(63)54(62)58(65)44(7)25-28-46(71-58)27-23-38/h15-17,20-21,35,39-42,44-50,52-53,61,65H,18-19,22-34,36-37H2,1-14H3/b16-15+,21-17+,38-20+,43-35+/t39-,40+,41-,42-,44-,45+,46-,47+,48+,49-,50-,52-,53+,58-/m1/s1. The molecule has 0 unspecified atom stereocenters. The normalized spacial score (nSPS) is 37.1. The molecule has 2 bridgehead atoms. The number of nitrogens with zero attached hydrogens (tertiary/aromatic N) is 1. The molecule has 2 N–H and O–H groups in total. The molecule has 14 atom stereocenters. The van der Waals surface area contributed by atoms with Crippen LogP contribution < -0.4 is 0 Å². The Labute approximate surface area is 435 Å². The van der Waals surface area contributed by atoms with Crippen LogP contribution in [0.3, 0.4) is 0 Å². The van der Waals surface area contributed by atoms with Gasteiger partial charge >= 0.3 is 5.97 Å². The Bertz CT molecular complexity index is 1890. The molecular weight excluding hydrogens is 931 g/mol. The maximum Gasteiger partial charge on any atom is 0.329 e. The first-order valence-corrected chi connectivity index (χ1v) is 30.4. The lowest BCUT2D eigenvalue weighted by atomic mass is 9.78. The van der Waals surface area contributed by atoms with Gasteiger partial charge in [-0.15, -0.1) is 0 Å². The highest BCUT2D eigenvalue weighted by atomic mass is 28.4. The second-order valence-corrected chi connectivity index (χ2v) is 28.6. The summed E-state index contributed by atoms with van der Waals surface area (Å²) in [7, 11) is 1.30. The molecule has 4 rings (SSSR count). The minimum atomic E-state index is -2.31. The number of ketones is 2. The summed E-state index contributed by atoms with van der Waals surface area (Å²) in [5.41, 5.74) is 1.72. The Morgan fingerprint density at radius 2 is 1.57 bits per heavy atom. The number of fused-ring (bicyclic) bond motifs is 3. The monoisotopic (exact) mass is 1030 g/mol. The molecule has 0 aromatic heterocycles. The number of Topliss-reactive ketones (excluding diaryl/α,β-unsaturated/α-hetero) is 2. The van der Waals surface area contributed by atoms with Gasteiger partial charge in [0, 0.05) is 32.6 Å². The van der Waals surface area contributed by atoms with Crippen molar-refractivity contribution in [2.75, 3.05) is 34.0 Å². The molecule has 2 saturated heterocycles. The zero-order valence-electron chi connectivity index (χ0n) is 46.9. The minimum absolute atomic E-state index is 0.0479. The summed E-state index contributed by atoms with van der Waals surface area (Å²) >= 11 is 0. The highest BCUT2D eigenvalue weighted by molar-refractivity contribution is 6.74. The number of hydrogen-bond acceptors (Lipinski definition) is 12. The Kier molecular flexibility index (Phi) is 24.3. The van der Waals surface area contributed by atoms with Crippen molar-refractivity contribution in [2.24, 2.45) is 35.5 Å². The van der Waals surface area contributed by atoms with Gasteiger partial charge in [0.2, 0.25) is 5.79 Å². The van der Waals surface area contributed by atoms with E-state index >= 15 is 0 Å². The summed E-state index contributed by atoms with van der Waals surface area (Å²) < 4.78 is 37.2. The van der Waals surface area contributed by atoms with Crippen molar-refractivity contribution in [3.8, 4) is 0 Å². The van der Waals surface area contributed by atoms with Crippen LogP contribution in [0.1, 0.15) is 159 Å². The molecular formula is C58H97NO12Si. The van der Waals surface area contributed by atoms with E-state index in [1.54, 1.807) is 14.0 Å². The van der Waals surface area contributed by atoms with Crippen molar-refractivity contribution >= 4 is 31.8 Å². The smallest absolute Gasteiger partial charge is 0.329 e. The number of piperidine rings is 1. The number of aliphatic hydroxyl groups is 2. The average Bonchev–Trinajstić information content (AvgIpc) is 3.33. The van der Waals surface area contributed by atoms with Crippen molar-refractivity contribution < 1.29 is 57.5 Å². The summed E-state index contributed by atoms with van der Waals surface area (Å²) in [5, 5.41) is 23.6. The summed E-state index contributed by atoms with van der Waals surface area (Å²) in [6, 6.07) is -0.996. The maximum absolute atomic E-state index is 14.6. The Morgan fingerprint density at radius 3 is 2.25 bits per heavy atom. The van der Waals surface area contributed by atoms with Gasteiger partial charge in [-0.1, -0.05) is 97.4 Å². The fourth-order valence-corrected chi connectivity index (χ4v) is 11.9. The third-order valence-corrected chi connectivity index (χ3v) is 21.3. The molecule has 0 aromatic rings. The second kappa shape index (κ2) is 28.3. The predicted molar refractivity (Wildman–Crippen MR) is 285 cm³/mol. The van der Waals surface area contributed by atoms with Crippen LogP contribution in [-0.4, -0.2) is 129 Å². The molecule has 1 saturated carbocycles. The molecule has 0 aromatic carbocycles. The second-order valence-electron chi connectivity index (χ2n) is 23.8. The van der Waals surface area contributed by atoms with E-state index in [0.29, 0.717) is 83.0 Å². The van der Waals surface area contributed by atoms with Gasteiger partial charge in [-0.25, -0.2) is 4.79 Å². The molecule has 3 heterocycles. The van der Waals surface area contributed by atoms with Gasteiger partial charge in [0.05, 0.1) is 31.5 Å². The number of allylic oxidation sites excluding steroid dienone is 7. The Morgan fingerprint density at radius 1 is 0.847 bits per heavy atom. The Balaban J connectivity index is 1.60. The molecule has 0 spiro atoms. The number of carbonyl (C=O) groups is 4. The molecule has 0 radical (unpaired) electrons. The molecule has 3 aliphatic heterocycles. The number of aliphatic hydroxyl groups excluding tert-OH is 1. The fourth-order valence-electron chi connectivity index (χ4n) is 10.9. The zero-order chi connectivity index (χ0) is 53.6. The van der Waals surface area contributed by atoms with E-state index < -0.39 is 68.1 Å². The van der Waals surface area contributed by atoms with Gasteiger partial charge in [-0.2, -0.15) is 0 Å². The van der Waals surface area contributed by atoms with Crippen molar-refractivity contribution in [1.82, 2.24) is 4.90 Å². The van der Waals surface area contributed by atoms with Crippen molar-refractivity contribution in [3.63, 3.8) is 0 Å². The minimum Gasteiger partial charge on any atom is -0.461 e. The SMILES string of the molecule is CO[C@@H]1C[C@H](C[C@@H](C)[C@@H]2CC[C@H](C)/C=C(\C)[C@@H](O)[C@@H](OC)C(=O)[C@H](C)C[C@H](C)/C=C/C=C/C=C(\C)CC[C@@H]3CC[C@@H](C)[C@@](O)(O3)C(=O)C(=O)N3CCCC[C@H]3C(=O)O2)CC[C@H]1OCCO[Si](C)(C)C(C)(C)C. The third-order valence-electron chi connectivity index (χ3n) is 16.8. The van der Waals surface area contributed by atoms with Crippen LogP contribution in [0.25, 0.3) is 0 Å². The van der Waals surface area contributed by atoms with Crippen LogP contribution >= 0.6 is 0 Å². The van der Waals surface area contributed by atoms with E-state index in [9.17, 15) is 29.4 Å². The maximum atomic E-state index is 14.6. The summed E-state index contributed by atoms with van der Waals surface area (Å²) in [4.78, 5) is 58.2. The summed E-state index contributed by atoms with van der Waals surface area (Å²) in [5.74, 6) is -5.71. The molecule has 1 aliphatic carbocycles. The molecule has 13 nitrogen and oxygen atoms in total. The Hall–Kier alpha value is -2.82. The molecule has 410 valence electrons. The first-order chi connectivity index (χ1) is 33.8. The van der Waals surface area contributed by atoms with Gasteiger partial charge < -0.3 is 43.2 Å². The van der Waals surface area contributed by atoms with Crippen molar-refractivity contribution in [1.29, 1.82) is 0 Å². The predicted octanol–water partition coefficient (Wildman–Crippen LogP) is 10.4. The summed E-state index contributed by atoms with van der Waals surface area (Å²) in [6.07, 6.45) is 17.7. The summed E-state index contributed by atoms with van der Waals surface area (Å²) in [6.45, 7) is 26.1. The van der Waals surface area contributed by atoms with E-state index in [0.717, 1.165) is 31.3 Å². The highest BCUT2D eigenvalue weighted by Crippen LogP contribution is 2.39. The van der Waals surface area contributed by atoms with E-state index in [2.05, 4.69) is 53.8 Å². The van der Waals surface area contributed by atoms with Crippen LogP contribution in [0.5, 0.6) is 0 Å². The van der Waals surface area contributed by atoms with E-state index in [1.807, 2.05) is 58.1 Å². The van der Waals surface area contributed by atoms with Crippen LogP contribution in [-0.2, 0) is 47.3 Å².